The van der Waals surface area contributed by atoms with E-state index >= 15 is 0 Å². The van der Waals surface area contributed by atoms with E-state index in [1.54, 1.807) is 7.11 Å². The van der Waals surface area contributed by atoms with Crippen LogP contribution in [0.4, 0.5) is 0 Å². The molecule has 0 radical (unpaired) electrons. The normalized spacial score (nSPS) is 10.2. The van der Waals surface area contributed by atoms with Crippen LogP contribution in [0.1, 0.15) is 27.0 Å². The van der Waals surface area contributed by atoms with Crippen LogP contribution in [0, 0.1) is 13.8 Å². The fraction of sp³-hybridized carbons (Fsp3) is 0.278. The van der Waals surface area contributed by atoms with E-state index in [4.69, 9.17) is 4.74 Å². The topological polar surface area (TPSA) is 38.3 Å². The Hall–Kier alpha value is -2.29. The maximum absolute atomic E-state index is 12.1. The Balaban J connectivity index is 1.97. The van der Waals surface area contributed by atoms with Gasteiger partial charge < -0.3 is 10.1 Å². The van der Waals surface area contributed by atoms with Crippen LogP contribution in [-0.4, -0.2) is 19.6 Å². The van der Waals surface area contributed by atoms with E-state index in [2.05, 4.69) is 18.3 Å². The minimum atomic E-state index is -0.0280. The van der Waals surface area contributed by atoms with Gasteiger partial charge in [0.25, 0.3) is 5.91 Å². The summed E-state index contributed by atoms with van der Waals surface area (Å²) in [6.07, 6.45) is 0.752. The number of nitrogens with one attached hydrogen (secondary N) is 1. The first-order chi connectivity index (χ1) is 10.1. The predicted octanol–water partition coefficient (Wildman–Crippen LogP) is 3.28. The van der Waals surface area contributed by atoms with Gasteiger partial charge in [0.1, 0.15) is 5.75 Å². The Morgan fingerprint density at radius 1 is 1.14 bits per heavy atom. The van der Waals surface area contributed by atoms with Crippen LogP contribution in [0.15, 0.2) is 42.5 Å². The minimum absolute atomic E-state index is 0.0280. The third kappa shape index (κ3) is 3.85. The molecule has 0 fully saturated rings. The molecule has 0 unspecified atom stereocenters. The summed E-state index contributed by atoms with van der Waals surface area (Å²) in [6.45, 7) is 4.58. The van der Waals surface area contributed by atoms with E-state index in [1.807, 2.05) is 43.3 Å². The molecule has 2 aromatic rings. The number of hydrogen-bond acceptors (Lipinski definition) is 2. The number of carbonyl (C=O) groups is 1. The molecule has 1 N–H and O–H groups in total. The molecule has 0 bridgehead atoms. The zero-order valence-electron chi connectivity index (χ0n) is 12.8. The number of ether oxygens (including phenoxy) is 1. The van der Waals surface area contributed by atoms with Crippen molar-refractivity contribution in [1.29, 1.82) is 0 Å². The maximum atomic E-state index is 12.1. The average molecular weight is 283 g/mol. The Kier molecular flexibility index (Phi) is 4.99. The third-order valence-electron chi connectivity index (χ3n) is 3.51. The van der Waals surface area contributed by atoms with Crippen molar-refractivity contribution in [3.05, 3.63) is 64.7 Å². The summed E-state index contributed by atoms with van der Waals surface area (Å²) in [5, 5.41) is 2.96. The van der Waals surface area contributed by atoms with Crippen molar-refractivity contribution in [2.45, 2.75) is 20.3 Å². The lowest BCUT2D eigenvalue weighted by Gasteiger charge is -2.11. The molecule has 21 heavy (non-hydrogen) atoms. The lowest BCUT2D eigenvalue weighted by atomic mass is 10.1. The molecule has 3 nitrogen and oxygen atoms in total. The summed E-state index contributed by atoms with van der Waals surface area (Å²) in [6, 6.07) is 13.7. The third-order valence-corrected chi connectivity index (χ3v) is 3.51. The molecule has 0 atom stereocenters. The number of benzene rings is 2. The molecule has 3 heteroatoms. The first-order valence-corrected chi connectivity index (χ1v) is 7.09. The number of hydrogen-bond donors (Lipinski definition) is 1. The van der Waals surface area contributed by atoms with Crippen molar-refractivity contribution in [2.24, 2.45) is 0 Å². The molecule has 0 aliphatic heterocycles. The zero-order valence-corrected chi connectivity index (χ0v) is 12.8. The highest BCUT2D eigenvalue weighted by atomic mass is 16.5. The standard InChI is InChI=1S/C18H21NO2/c1-13-8-9-17(21-3)15(12-13)10-11-19-18(20)16-7-5-4-6-14(16)2/h4-9,12H,10-11H2,1-3H3,(H,19,20). The van der Waals surface area contributed by atoms with Crippen LogP contribution in [0.2, 0.25) is 0 Å². The van der Waals surface area contributed by atoms with Crippen molar-refractivity contribution in [2.75, 3.05) is 13.7 Å². The van der Waals surface area contributed by atoms with Crippen LogP contribution in [-0.2, 0) is 6.42 Å². The second kappa shape index (κ2) is 6.93. The fourth-order valence-electron chi connectivity index (χ4n) is 2.34. The Labute approximate surface area is 126 Å². The minimum Gasteiger partial charge on any atom is -0.496 e. The average Bonchev–Trinajstić information content (AvgIpc) is 2.48. The molecule has 0 saturated heterocycles. The van der Waals surface area contributed by atoms with Gasteiger partial charge in [0.2, 0.25) is 0 Å². The van der Waals surface area contributed by atoms with Crippen molar-refractivity contribution in [3.8, 4) is 5.75 Å². The molecule has 0 spiro atoms. The molecule has 0 aromatic heterocycles. The highest BCUT2D eigenvalue weighted by Gasteiger charge is 2.08. The number of amides is 1. The highest BCUT2D eigenvalue weighted by Crippen LogP contribution is 2.19. The molecule has 0 heterocycles. The number of rotatable bonds is 5. The monoisotopic (exact) mass is 283 g/mol. The van der Waals surface area contributed by atoms with Gasteiger partial charge in [0, 0.05) is 12.1 Å². The fourth-order valence-corrected chi connectivity index (χ4v) is 2.34. The number of methoxy groups -OCH3 is 1. The van der Waals surface area contributed by atoms with Gasteiger partial charge in [-0.2, -0.15) is 0 Å². The summed E-state index contributed by atoms with van der Waals surface area (Å²) in [5.74, 6) is 0.838. The van der Waals surface area contributed by atoms with Gasteiger partial charge in [0.05, 0.1) is 7.11 Å². The second-order valence-electron chi connectivity index (χ2n) is 5.14. The van der Waals surface area contributed by atoms with Crippen LogP contribution in [0.3, 0.4) is 0 Å². The predicted molar refractivity (Wildman–Crippen MR) is 84.9 cm³/mol. The van der Waals surface area contributed by atoms with Crippen molar-refractivity contribution in [1.82, 2.24) is 5.32 Å². The summed E-state index contributed by atoms with van der Waals surface area (Å²) in [7, 11) is 1.67. The van der Waals surface area contributed by atoms with E-state index in [0.29, 0.717) is 6.54 Å². The lowest BCUT2D eigenvalue weighted by molar-refractivity contribution is 0.0953. The Morgan fingerprint density at radius 3 is 2.62 bits per heavy atom. The van der Waals surface area contributed by atoms with Crippen LogP contribution >= 0.6 is 0 Å². The van der Waals surface area contributed by atoms with Gasteiger partial charge in [-0.15, -0.1) is 0 Å². The summed E-state index contributed by atoms with van der Waals surface area (Å²) >= 11 is 0. The number of carbonyl (C=O) groups excluding carboxylic acids is 1. The van der Waals surface area contributed by atoms with E-state index in [9.17, 15) is 4.79 Å². The first kappa shape index (κ1) is 15.1. The molecular formula is C18H21NO2. The molecular weight excluding hydrogens is 262 g/mol. The van der Waals surface area contributed by atoms with E-state index < -0.39 is 0 Å². The van der Waals surface area contributed by atoms with Crippen LogP contribution in [0.25, 0.3) is 0 Å². The SMILES string of the molecule is COc1ccc(C)cc1CCNC(=O)c1ccccc1C. The van der Waals surface area contributed by atoms with Gasteiger partial charge in [-0.25, -0.2) is 0 Å². The van der Waals surface area contributed by atoms with Crippen molar-refractivity contribution in [3.63, 3.8) is 0 Å². The second-order valence-corrected chi connectivity index (χ2v) is 5.14. The molecule has 2 aromatic carbocycles. The van der Waals surface area contributed by atoms with Gasteiger partial charge in [-0.3, -0.25) is 4.79 Å². The van der Waals surface area contributed by atoms with Gasteiger partial charge in [-0.05, 0) is 43.5 Å². The zero-order chi connectivity index (χ0) is 15.2. The highest BCUT2D eigenvalue weighted by molar-refractivity contribution is 5.95. The van der Waals surface area contributed by atoms with E-state index in [-0.39, 0.29) is 5.91 Å². The quantitative estimate of drug-likeness (QED) is 0.914. The Morgan fingerprint density at radius 2 is 1.90 bits per heavy atom. The molecule has 0 aliphatic rings. The largest absolute Gasteiger partial charge is 0.496 e. The van der Waals surface area contributed by atoms with Gasteiger partial charge in [0.15, 0.2) is 0 Å². The smallest absolute Gasteiger partial charge is 0.251 e. The van der Waals surface area contributed by atoms with E-state index in [0.717, 1.165) is 28.9 Å². The summed E-state index contributed by atoms with van der Waals surface area (Å²) in [4.78, 5) is 12.1. The first-order valence-electron chi connectivity index (χ1n) is 7.09. The van der Waals surface area contributed by atoms with Crippen molar-refractivity contribution >= 4 is 5.91 Å². The summed E-state index contributed by atoms with van der Waals surface area (Å²) in [5.41, 5.74) is 4.02. The van der Waals surface area contributed by atoms with E-state index in [1.165, 1.54) is 5.56 Å². The van der Waals surface area contributed by atoms with Crippen LogP contribution in [0.5, 0.6) is 5.75 Å². The van der Waals surface area contributed by atoms with Crippen LogP contribution < -0.4 is 10.1 Å². The van der Waals surface area contributed by atoms with Gasteiger partial charge >= 0.3 is 0 Å². The molecule has 2 rings (SSSR count). The lowest BCUT2D eigenvalue weighted by Crippen LogP contribution is -2.26. The van der Waals surface area contributed by atoms with Gasteiger partial charge in [-0.1, -0.05) is 35.9 Å². The van der Waals surface area contributed by atoms with Crippen molar-refractivity contribution < 1.29 is 9.53 Å². The maximum Gasteiger partial charge on any atom is 0.251 e. The Bertz CT molecular complexity index is 635. The molecule has 0 aliphatic carbocycles. The number of aryl methyl sites for hydroxylation is 2. The molecule has 0 saturated carbocycles. The molecule has 110 valence electrons. The summed E-state index contributed by atoms with van der Waals surface area (Å²) < 4.78 is 5.35. The molecule has 1 amide bonds.